The maximum Gasteiger partial charge on any atom is 0.224 e. The van der Waals surface area contributed by atoms with E-state index in [4.69, 9.17) is 11.0 Å². The predicted octanol–water partition coefficient (Wildman–Crippen LogP) is 1.97. The van der Waals surface area contributed by atoms with Crippen molar-refractivity contribution in [3.8, 4) is 6.07 Å². The summed E-state index contributed by atoms with van der Waals surface area (Å²) in [5.41, 5.74) is 6.25. The van der Waals surface area contributed by atoms with E-state index in [1.165, 1.54) is 18.2 Å². The van der Waals surface area contributed by atoms with Crippen LogP contribution in [0.5, 0.6) is 0 Å². The molecule has 5 nitrogen and oxygen atoms in total. The first-order chi connectivity index (χ1) is 9.52. The molecule has 1 amide bonds. The van der Waals surface area contributed by atoms with Crippen molar-refractivity contribution in [1.82, 2.24) is 4.90 Å². The first-order valence-electron chi connectivity index (χ1n) is 6.43. The zero-order valence-electron chi connectivity index (χ0n) is 11.5. The minimum Gasteiger partial charge on any atom is -0.397 e. The highest BCUT2D eigenvalue weighted by Gasteiger charge is 2.07. The van der Waals surface area contributed by atoms with Crippen LogP contribution in [0, 0.1) is 17.1 Å². The molecule has 0 saturated carbocycles. The first-order valence-corrected chi connectivity index (χ1v) is 6.43. The van der Waals surface area contributed by atoms with Gasteiger partial charge in [-0.2, -0.15) is 5.26 Å². The molecular weight excluding hydrogens is 259 g/mol. The van der Waals surface area contributed by atoms with E-state index in [0.717, 1.165) is 6.54 Å². The summed E-state index contributed by atoms with van der Waals surface area (Å²) in [5.74, 6) is -0.586. The average Bonchev–Trinajstić information content (AvgIpc) is 2.39. The lowest BCUT2D eigenvalue weighted by Gasteiger charge is -2.14. The number of hydrogen-bond acceptors (Lipinski definition) is 4. The minimum absolute atomic E-state index is 0.156. The van der Waals surface area contributed by atoms with Gasteiger partial charge in [-0.25, -0.2) is 4.39 Å². The molecule has 0 fully saturated rings. The Morgan fingerprint density at radius 3 is 2.90 bits per heavy atom. The zero-order valence-corrected chi connectivity index (χ0v) is 11.5. The lowest BCUT2D eigenvalue weighted by molar-refractivity contribution is -0.116. The Labute approximate surface area is 118 Å². The Balaban J connectivity index is 2.32. The number of nitrogens with two attached hydrogens (primary N) is 1. The second-order valence-corrected chi connectivity index (χ2v) is 4.59. The van der Waals surface area contributed by atoms with Gasteiger partial charge in [0.1, 0.15) is 5.82 Å². The third-order valence-corrected chi connectivity index (χ3v) is 2.84. The van der Waals surface area contributed by atoms with Crippen LogP contribution >= 0.6 is 0 Å². The fourth-order valence-electron chi connectivity index (χ4n) is 1.72. The molecule has 20 heavy (non-hydrogen) atoms. The Morgan fingerprint density at radius 1 is 1.50 bits per heavy atom. The van der Waals surface area contributed by atoms with Gasteiger partial charge in [0.05, 0.1) is 17.4 Å². The molecule has 0 aliphatic rings. The highest BCUT2D eigenvalue weighted by molar-refractivity contribution is 5.93. The smallest absolute Gasteiger partial charge is 0.224 e. The molecule has 6 heteroatoms. The lowest BCUT2D eigenvalue weighted by atomic mass is 10.2. The van der Waals surface area contributed by atoms with Crippen LogP contribution in [0.3, 0.4) is 0 Å². The van der Waals surface area contributed by atoms with Gasteiger partial charge < -0.3 is 16.0 Å². The third-order valence-electron chi connectivity index (χ3n) is 2.84. The Bertz CT molecular complexity index is 498. The number of amides is 1. The minimum atomic E-state index is -0.431. The SMILES string of the molecule is CN(CCC#N)CCCC(=O)Nc1ccc(F)cc1N. The summed E-state index contributed by atoms with van der Waals surface area (Å²) in [4.78, 5) is 13.7. The molecule has 1 rings (SSSR count). The van der Waals surface area contributed by atoms with E-state index in [9.17, 15) is 9.18 Å². The van der Waals surface area contributed by atoms with Gasteiger partial charge in [0.15, 0.2) is 0 Å². The molecule has 0 unspecified atom stereocenters. The van der Waals surface area contributed by atoms with Gasteiger partial charge in [0, 0.05) is 19.4 Å². The van der Waals surface area contributed by atoms with E-state index in [-0.39, 0.29) is 11.6 Å². The summed E-state index contributed by atoms with van der Waals surface area (Å²) in [6, 6.07) is 5.95. The Kier molecular flexibility index (Phi) is 6.47. The van der Waals surface area contributed by atoms with Crippen LogP contribution in [-0.4, -0.2) is 30.9 Å². The number of nitriles is 1. The normalized spacial score (nSPS) is 10.3. The average molecular weight is 278 g/mol. The molecule has 1 aromatic rings. The highest BCUT2D eigenvalue weighted by atomic mass is 19.1. The lowest BCUT2D eigenvalue weighted by Crippen LogP contribution is -2.22. The van der Waals surface area contributed by atoms with Crippen LogP contribution in [0.4, 0.5) is 15.8 Å². The van der Waals surface area contributed by atoms with Gasteiger partial charge in [0.25, 0.3) is 0 Å². The fraction of sp³-hybridized carbons (Fsp3) is 0.429. The van der Waals surface area contributed by atoms with Gasteiger partial charge in [0.2, 0.25) is 5.91 Å². The van der Waals surface area contributed by atoms with Gasteiger partial charge in [-0.05, 0) is 38.2 Å². The molecule has 0 aliphatic carbocycles. The molecule has 0 aliphatic heterocycles. The monoisotopic (exact) mass is 278 g/mol. The van der Waals surface area contributed by atoms with Crippen LogP contribution in [0.25, 0.3) is 0 Å². The molecule has 0 heterocycles. The molecule has 0 bridgehead atoms. The maximum atomic E-state index is 12.9. The quantitative estimate of drug-likeness (QED) is 0.747. The van der Waals surface area contributed by atoms with Crippen molar-refractivity contribution in [2.45, 2.75) is 19.3 Å². The summed E-state index contributed by atoms with van der Waals surface area (Å²) in [6.45, 7) is 1.44. The Morgan fingerprint density at radius 2 is 2.25 bits per heavy atom. The molecule has 3 N–H and O–H groups in total. The van der Waals surface area contributed by atoms with Crippen LogP contribution in [0.2, 0.25) is 0 Å². The number of carbonyl (C=O) groups is 1. The number of halogens is 1. The second kappa shape index (κ2) is 8.12. The van der Waals surface area contributed by atoms with Crippen LogP contribution in [-0.2, 0) is 4.79 Å². The molecule has 0 aromatic heterocycles. The number of rotatable bonds is 7. The second-order valence-electron chi connectivity index (χ2n) is 4.59. The summed E-state index contributed by atoms with van der Waals surface area (Å²) in [5, 5.41) is 11.1. The number of nitrogen functional groups attached to an aromatic ring is 1. The van der Waals surface area contributed by atoms with Crippen LogP contribution in [0.1, 0.15) is 19.3 Å². The summed E-state index contributed by atoms with van der Waals surface area (Å²) >= 11 is 0. The summed E-state index contributed by atoms with van der Waals surface area (Å²) in [7, 11) is 1.91. The Hall–Kier alpha value is -2.13. The van der Waals surface area contributed by atoms with E-state index < -0.39 is 5.82 Å². The van der Waals surface area contributed by atoms with E-state index in [0.29, 0.717) is 31.5 Å². The van der Waals surface area contributed by atoms with Gasteiger partial charge in [-0.15, -0.1) is 0 Å². The van der Waals surface area contributed by atoms with Crippen molar-refractivity contribution in [1.29, 1.82) is 5.26 Å². The van der Waals surface area contributed by atoms with E-state index in [1.807, 2.05) is 11.9 Å². The molecule has 0 atom stereocenters. The third kappa shape index (κ3) is 5.67. The van der Waals surface area contributed by atoms with Crippen molar-refractivity contribution in [3.63, 3.8) is 0 Å². The standard InChI is InChI=1S/C14H19FN4O/c1-19(9-3-7-16)8-2-4-14(20)18-13-6-5-11(15)10-12(13)17/h5-6,10H,2-4,8-9,17H2,1H3,(H,18,20). The highest BCUT2D eigenvalue weighted by Crippen LogP contribution is 2.19. The van der Waals surface area contributed by atoms with Crippen molar-refractivity contribution in [2.24, 2.45) is 0 Å². The van der Waals surface area contributed by atoms with Crippen LogP contribution in [0.15, 0.2) is 18.2 Å². The predicted molar refractivity (Wildman–Crippen MR) is 76.4 cm³/mol. The molecule has 108 valence electrons. The van der Waals surface area contributed by atoms with Crippen molar-refractivity contribution < 1.29 is 9.18 Å². The summed E-state index contributed by atoms with van der Waals surface area (Å²) < 4.78 is 12.9. The van der Waals surface area contributed by atoms with Crippen molar-refractivity contribution >= 4 is 17.3 Å². The molecule has 0 spiro atoms. The van der Waals surface area contributed by atoms with Gasteiger partial charge in [-0.3, -0.25) is 4.79 Å². The first kappa shape index (κ1) is 15.9. The largest absolute Gasteiger partial charge is 0.397 e. The number of hydrogen-bond donors (Lipinski definition) is 2. The van der Waals surface area contributed by atoms with Crippen molar-refractivity contribution in [2.75, 3.05) is 31.2 Å². The molecule has 0 radical (unpaired) electrons. The fourth-order valence-corrected chi connectivity index (χ4v) is 1.72. The van der Waals surface area contributed by atoms with Gasteiger partial charge >= 0.3 is 0 Å². The number of nitrogens with one attached hydrogen (secondary N) is 1. The molecule has 1 aromatic carbocycles. The molecular formula is C14H19FN4O. The van der Waals surface area contributed by atoms with Crippen LogP contribution < -0.4 is 11.1 Å². The van der Waals surface area contributed by atoms with Crippen molar-refractivity contribution in [3.05, 3.63) is 24.0 Å². The number of benzene rings is 1. The van der Waals surface area contributed by atoms with Gasteiger partial charge in [-0.1, -0.05) is 0 Å². The maximum absolute atomic E-state index is 12.9. The van der Waals surface area contributed by atoms with E-state index in [2.05, 4.69) is 11.4 Å². The molecule has 0 saturated heterocycles. The number of carbonyl (C=O) groups excluding carboxylic acids is 1. The van der Waals surface area contributed by atoms with E-state index in [1.54, 1.807) is 0 Å². The van der Waals surface area contributed by atoms with E-state index >= 15 is 0 Å². The number of anilines is 2. The topological polar surface area (TPSA) is 82.2 Å². The number of nitrogens with zero attached hydrogens (tertiary/aromatic N) is 2. The zero-order chi connectivity index (χ0) is 15.0. The summed E-state index contributed by atoms with van der Waals surface area (Å²) in [6.07, 6.45) is 1.53.